The van der Waals surface area contributed by atoms with Gasteiger partial charge in [0, 0.05) is 25.1 Å². The van der Waals surface area contributed by atoms with Crippen molar-refractivity contribution in [3.8, 4) is 0 Å². The molecule has 1 heterocycles. The molecule has 2 fully saturated rings. The molecule has 2 rings (SSSR count). The van der Waals surface area contributed by atoms with Gasteiger partial charge < -0.3 is 15.4 Å². The zero-order chi connectivity index (χ0) is 11.5. The van der Waals surface area contributed by atoms with Gasteiger partial charge in [0.1, 0.15) is 0 Å². The number of nitrogens with two attached hydrogens (primary N) is 1. The van der Waals surface area contributed by atoms with Crippen LogP contribution in [0.1, 0.15) is 32.6 Å². The number of rotatable bonds is 5. The van der Waals surface area contributed by atoms with Crippen LogP contribution in [0, 0.1) is 5.92 Å². The van der Waals surface area contributed by atoms with Crippen LogP contribution in [0.5, 0.6) is 0 Å². The van der Waals surface area contributed by atoms with Gasteiger partial charge in [0.15, 0.2) is 0 Å². The maximum absolute atomic E-state index is 12.1. The predicted molar refractivity (Wildman–Crippen MR) is 61.9 cm³/mol. The second-order valence-electron chi connectivity index (χ2n) is 4.97. The first-order chi connectivity index (χ1) is 7.72. The number of hydrogen-bond acceptors (Lipinski definition) is 3. The molecule has 16 heavy (non-hydrogen) atoms. The van der Waals surface area contributed by atoms with E-state index in [-0.39, 0.29) is 11.9 Å². The molecular weight excluding hydrogens is 204 g/mol. The highest BCUT2D eigenvalue weighted by molar-refractivity contribution is 5.82. The number of carbonyl (C=O) groups excluding carboxylic acids is 1. The first-order valence-corrected chi connectivity index (χ1v) is 6.36. The van der Waals surface area contributed by atoms with Crippen molar-refractivity contribution in [3.63, 3.8) is 0 Å². The number of nitrogens with zero attached hydrogens (tertiary/aromatic N) is 1. The van der Waals surface area contributed by atoms with Crippen molar-refractivity contribution in [2.24, 2.45) is 11.7 Å². The van der Waals surface area contributed by atoms with E-state index in [9.17, 15) is 4.79 Å². The fraction of sp³-hybridized carbons (Fsp3) is 0.917. The molecule has 0 radical (unpaired) electrons. The quantitative estimate of drug-likeness (QED) is 0.752. The van der Waals surface area contributed by atoms with E-state index in [1.54, 1.807) is 0 Å². The minimum atomic E-state index is -0.317. The van der Waals surface area contributed by atoms with Crippen LogP contribution in [-0.2, 0) is 9.53 Å². The Morgan fingerprint density at radius 3 is 2.75 bits per heavy atom. The van der Waals surface area contributed by atoms with Crippen LogP contribution >= 0.6 is 0 Å². The second-order valence-corrected chi connectivity index (χ2v) is 4.97. The summed E-state index contributed by atoms with van der Waals surface area (Å²) in [5.74, 6) is 0.658. The molecule has 1 unspecified atom stereocenters. The number of hydrogen-bond donors (Lipinski definition) is 1. The standard InChI is InChI=1S/C12H22N2O2/c1-2-11(13)12(15)14(10-3-4-10)7-9-5-6-16-8-9/h9-11H,2-8,13H2,1H3/t9?,11-/m1/s1. The summed E-state index contributed by atoms with van der Waals surface area (Å²) in [7, 11) is 0. The first-order valence-electron chi connectivity index (χ1n) is 6.36. The predicted octanol–water partition coefficient (Wildman–Crippen LogP) is 0.751. The van der Waals surface area contributed by atoms with E-state index in [1.807, 2.05) is 11.8 Å². The molecule has 92 valence electrons. The molecule has 2 atom stereocenters. The molecule has 1 saturated heterocycles. The highest BCUT2D eigenvalue weighted by Crippen LogP contribution is 2.29. The summed E-state index contributed by atoms with van der Waals surface area (Å²) in [6.45, 7) is 4.46. The van der Waals surface area contributed by atoms with Gasteiger partial charge in [0.05, 0.1) is 12.6 Å². The highest BCUT2D eigenvalue weighted by atomic mass is 16.5. The Hall–Kier alpha value is -0.610. The lowest BCUT2D eigenvalue weighted by molar-refractivity contribution is -0.133. The minimum absolute atomic E-state index is 0.136. The summed E-state index contributed by atoms with van der Waals surface area (Å²) < 4.78 is 5.36. The molecule has 2 aliphatic rings. The van der Waals surface area contributed by atoms with Gasteiger partial charge in [-0.05, 0) is 25.7 Å². The smallest absolute Gasteiger partial charge is 0.239 e. The summed E-state index contributed by atoms with van der Waals surface area (Å²) >= 11 is 0. The largest absolute Gasteiger partial charge is 0.381 e. The van der Waals surface area contributed by atoms with Gasteiger partial charge in [-0.2, -0.15) is 0 Å². The lowest BCUT2D eigenvalue weighted by Gasteiger charge is -2.27. The third-order valence-corrected chi connectivity index (χ3v) is 3.51. The van der Waals surface area contributed by atoms with E-state index in [0.29, 0.717) is 12.0 Å². The Morgan fingerprint density at radius 1 is 1.50 bits per heavy atom. The normalized spacial score (nSPS) is 26.8. The van der Waals surface area contributed by atoms with Gasteiger partial charge in [-0.3, -0.25) is 4.79 Å². The lowest BCUT2D eigenvalue weighted by Crippen LogP contribution is -2.46. The maximum Gasteiger partial charge on any atom is 0.239 e. The summed E-state index contributed by atoms with van der Waals surface area (Å²) in [6, 6.07) is 0.147. The average molecular weight is 226 g/mol. The van der Waals surface area contributed by atoms with Crippen molar-refractivity contribution in [3.05, 3.63) is 0 Å². The molecule has 0 spiro atoms. The summed E-state index contributed by atoms with van der Waals surface area (Å²) in [4.78, 5) is 14.1. The van der Waals surface area contributed by atoms with E-state index >= 15 is 0 Å². The van der Waals surface area contributed by atoms with Gasteiger partial charge in [-0.15, -0.1) is 0 Å². The monoisotopic (exact) mass is 226 g/mol. The van der Waals surface area contributed by atoms with Crippen LogP contribution in [0.3, 0.4) is 0 Å². The van der Waals surface area contributed by atoms with Crippen molar-refractivity contribution >= 4 is 5.91 Å². The van der Waals surface area contributed by atoms with E-state index in [0.717, 1.165) is 45.4 Å². The number of ether oxygens (including phenoxy) is 1. The first kappa shape index (κ1) is 11.9. The molecule has 1 aliphatic carbocycles. The van der Waals surface area contributed by atoms with Gasteiger partial charge >= 0.3 is 0 Å². The molecule has 0 aromatic rings. The molecule has 4 heteroatoms. The van der Waals surface area contributed by atoms with Crippen LogP contribution in [0.15, 0.2) is 0 Å². The van der Waals surface area contributed by atoms with Gasteiger partial charge in [0.2, 0.25) is 5.91 Å². The Labute approximate surface area is 97.1 Å². The fourth-order valence-electron chi connectivity index (χ4n) is 2.20. The molecular formula is C12H22N2O2. The van der Waals surface area contributed by atoms with Crippen molar-refractivity contribution in [2.45, 2.75) is 44.7 Å². The Balaban J connectivity index is 1.91. The van der Waals surface area contributed by atoms with Crippen LogP contribution in [0.2, 0.25) is 0 Å². The maximum atomic E-state index is 12.1. The molecule has 0 aromatic carbocycles. The topological polar surface area (TPSA) is 55.6 Å². The van der Waals surface area contributed by atoms with Crippen molar-refractivity contribution < 1.29 is 9.53 Å². The number of carbonyl (C=O) groups is 1. The molecule has 1 amide bonds. The van der Waals surface area contributed by atoms with E-state index in [1.165, 1.54) is 0 Å². The van der Waals surface area contributed by atoms with Crippen molar-refractivity contribution in [2.75, 3.05) is 19.8 Å². The molecule has 2 N–H and O–H groups in total. The fourth-order valence-corrected chi connectivity index (χ4v) is 2.20. The van der Waals surface area contributed by atoms with Crippen LogP contribution < -0.4 is 5.73 Å². The third-order valence-electron chi connectivity index (χ3n) is 3.51. The van der Waals surface area contributed by atoms with E-state index in [2.05, 4.69) is 0 Å². The Bertz CT molecular complexity index is 247. The molecule has 0 aromatic heterocycles. The summed E-state index contributed by atoms with van der Waals surface area (Å²) in [6.07, 6.45) is 4.10. The molecule has 1 aliphatic heterocycles. The SMILES string of the molecule is CC[C@@H](N)C(=O)N(CC1CCOC1)C1CC1. The zero-order valence-corrected chi connectivity index (χ0v) is 10.0. The van der Waals surface area contributed by atoms with Crippen molar-refractivity contribution in [1.29, 1.82) is 0 Å². The third kappa shape index (κ3) is 2.74. The van der Waals surface area contributed by atoms with Gasteiger partial charge in [0.25, 0.3) is 0 Å². The van der Waals surface area contributed by atoms with Crippen molar-refractivity contribution in [1.82, 2.24) is 4.90 Å². The Morgan fingerprint density at radius 2 is 2.25 bits per heavy atom. The van der Waals surface area contributed by atoms with Gasteiger partial charge in [-0.25, -0.2) is 0 Å². The zero-order valence-electron chi connectivity index (χ0n) is 10.0. The molecule has 1 saturated carbocycles. The van der Waals surface area contributed by atoms with Gasteiger partial charge in [-0.1, -0.05) is 6.92 Å². The summed E-state index contributed by atoms with van der Waals surface area (Å²) in [5, 5.41) is 0. The Kier molecular flexibility index (Phi) is 3.82. The molecule has 0 bridgehead atoms. The van der Waals surface area contributed by atoms with Crippen LogP contribution in [-0.4, -0.2) is 42.6 Å². The number of amides is 1. The van der Waals surface area contributed by atoms with E-state index in [4.69, 9.17) is 10.5 Å². The van der Waals surface area contributed by atoms with Crippen LogP contribution in [0.25, 0.3) is 0 Å². The highest BCUT2D eigenvalue weighted by Gasteiger charge is 2.36. The minimum Gasteiger partial charge on any atom is -0.381 e. The molecule has 4 nitrogen and oxygen atoms in total. The second kappa shape index (κ2) is 5.15. The average Bonchev–Trinajstić information content (AvgIpc) is 3.01. The van der Waals surface area contributed by atoms with E-state index < -0.39 is 0 Å². The van der Waals surface area contributed by atoms with Crippen LogP contribution in [0.4, 0.5) is 0 Å². The summed E-state index contributed by atoms with van der Waals surface area (Å²) in [5.41, 5.74) is 5.83. The lowest BCUT2D eigenvalue weighted by atomic mass is 10.1.